The van der Waals surface area contributed by atoms with Crippen molar-refractivity contribution in [3.63, 3.8) is 0 Å². The predicted molar refractivity (Wildman–Crippen MR) is 54.6 cm³/mol. The second-order valence-corrected chi connectivity index (χ2v) is 3.14. The molecule has 2 N–H and O–H groups in total. The lowest BCUT2D eigenvalue weighted by Gasteiger charge is -1.99. The highest BCUT2D eigenvalue weighted by Crippen LogP contribution is 2.08. The van der Waals surface area contributed by atoms with E-state index in [1.54, 1.807) is 6.07 Å². The van der Waals surface area contributed by atoms with E-state index in [2.05, 4.69) is 9.97 Å². The van der Waals surface area contributed by atoms with Crippen molar-refractivity contribution in [3.05, 3.63) is 44.6 Å². The van der Waals surface area contributed by atoms with Crippen molar-refractivity contribution in [2.45, 2.75) is 13.3 Å². The summed E-state index contributed by atoms with van der Waals surface area (Å²) in [6.45, 7) is 2.02. The minimum atomic E-state index is -0.462. The number of aromatic nitrogens is 2. The highest BCUT2D eigenvalue weighted by atomic mass is 16.2. The van der Waals surface area contributed by atoms with E-state index in [0.29, 0.717) is 10.9 Å². The Bertz CT molecular complexity index is 580. The van der Waals surface area contributed by atoms with Crippen molar-refractivity contribution < 1.29 is 0 Å². The zero-order valence-electron chi connectivity index (χ0n) is 7.76. The molecule has 0 saturated heterocycles. The number of nitrogens with one attached hydrogen (secondary N) is 2. The summed E-state index contributed by atoms with van der Waals surface area (Å²) in [5.41, 5.74) is 0.888. The van der Waals surface area contributed by atoms with Crippen LogP contribution in [0, 0.1) is 0 Å². The Morgan fingerprint density at radius 3 is 2.71 bits per heavy atom. The summed E-state index contributed by atoms with van der Waals surface area (Å²) in [4.78, 5) is 27.1. The Morgan fingerprint density at radius 1 is 1.21 bits per heavy atom. The largest absolute Gasteiger partial charge is 0.326 e. The van der Waals surface area contributed by atoms with E-state index in [1.165, 1.54) is 0 Å². The fourth-order valence-electron chi connectivity index (χ4n) is 1.44. The van der Waals surface area contributed by atoms with Crippen LogP contribution in [0.2, 0.25) is 0 Å². The molecule has 0 atom stereocenters. The Kier molecular flexibility index (Phi) is 1.96. The van der Waals surface area contributed by atoms with Crippen molar-refractivity contribution in [1.29, 1.82) is 0 Å². The third kappa shape index (κ3) is 1.35. The third-order valence-corrected chi connectivity index (χ3v) is 2.21. The molecular weight excluding hydrogens is 180 g/mol. The average molecular weight is 190 g/mol. The summed E-state index contributed by atoms with van der Waals surface area (Å²) in [5.74, 6) is 0. The van der Waals surface area contributed by atoms with E-state index in [-0.39, 0.29) is 5.56 Å². The van der Waals surface area contributed by atoms with E-state index in [1.807, 2.05) is 19.1 Å². The SMILES string of the molecule is CCc1ccc2c(=O)[nH]c(=O)[nH]c2c1. The summed E-state index contributed by atoms with van der Waals surface area (Å²) in [5, 5.41) is 0.516. The van der Waals surface area contributed by atoms with Crippen LogP contribution in [0.1, 0.15) is 12.5 Å². The molecule has 1 aromatic carbocycles. The summed E-state index contributed by atoms with van der Waals surface area (Å²) >= 11 is 0. The molecule has 2 rings (SSSR count). The van der Waals surface area contributed by atoms with E-state index < -0.39 is 5.69 Å². The first-order valence-corrected chi connectivity index (χ1v) is 4.46. The monoisotopic (exact) mass is 190 g/mol. The smallest absolute Gasteiger partial charge is 0.307 e. The number of benzene rings is 1. The van der Waals surface area contributed by atoms with Gasteiger partial charge in [-0.05, 0) is 24.1 Å². The highest BCUT2D eigenvalue weighted by molar-refractivity contribution is 5.77. The Hall–Kier alpha value is -1.84. The molecule has 0 radical (unpaired) electrons. The van der Waals surface area contributed by atoms with Gasteiger partial charge in [0.25, 0.3) is 5.56 Å². The van der Waals surface area contributed by atoms with Gasteiger partial charge in [-0.1, -0.05) is 13.0 Å². The van der Waals surface area contributed by atoms with Gasteiger partial charge in [0, 0.05) is 0 Å². The minimum Gasteiger partial charge on any atom is -0.307 e. The molecular formula is C10H10N2O2. The van der Waals surface area contributed by atoms with Gasteiger partial charge in [0.1, 0.15) is 0 Å². The van der Waals surface area contributed by atoms with Crippen LogP contribution >= 0.6 is 0 Å². The molecule has 1 aromatic heterocycles. The quantitative estimate of drug-likeness (QED) is 0.697. The number of hydrogen-bond acceptors (Lipinski definition) is 2. The Morgan fingerprint density at radius 2 is 2.00 bits per heavy atom. The molecule has 0 aliphatic carbocycles. The molecule has 0 aliphatic rings. The van der Waals surface area contributed by atoms with Crippen LogP contribution in [0.5, 0.6) is 0 Å². The maximum Gasteiger partial charge on any atom is 0.326 e. The van der Waals surface area contributed by atoms with Gasteiger partial charge >= 0.3 is 5.69 Å². The van der Waals surface area contributed by atoms with Gasteiger partial charge < -0.3 is 4.98 Å². The number of aryl methyl sites for hydroxylation is 1. The molecule has 0 amide bonds. The first-order chi connectivity index (χ1) is 6.70. The molecule has 0 spiro atoms. The van der Waals surface area contributed by atoms with Crippen LogP contribution in [-0.4, -0.2) is 9.97 Å². The molecule has 14 heavy (non-hydrogen) atoms. The van der Waals surface area contributed by atoms with Crippen molar-refractivity contribution in [3.8, 4) is 0 Å². The third-order valence-electron chi connectivity index (χ3n) is 2.21. The van der Waals surface area contributed by atoms with Gasteiger partial charge in [-0.2, -0.15) is 0 Å². The summed E-state index contributed by atoms with van der Waals surface area (Å²) < 4.78 is 0. The standard InChI is InChI=1S/C10H10N2O2/c1-2-6-3-4-7-8(5-6)11-10(14)12-9(7)13/h3-5H,2H2,1H3,(H2,11,12,13,14). The molecule has 4 heteroatoms. The second kappa shape index (κ2) is 3.14. The summed E-state index contributed by atoms with van der Waals surface area (Å²) in [7, 11) is 0. The zero-order chi connectivity index (χ0) is 10.1. The van der Waals surface area contributed by atoms with Gasteiger partial charge in [-0.15, -0.1) is 0 Å². The first kappa shape index (κ1) is 8.74. The van der Waals surface area contributed by atoms with Crippen LogP contribution in [-0.2, 0) is 6.42 Å². The molecule has 0 unspecified atom stereocenters. The molecule has 1 heterocycles. The number of aromatic amines is 2. The van der Waals surface area contributed by atoms with E-state index >= 15 is 0 Å². The van der Waals surface area contributed by atoms with Gasteiger partial charge in [-0.25, -0.2) is 4.79 Å². The average Bonchev–Trinajstić information content (AvgIpc) is 2.16. The van der Waals surface area contributed by atoms with Crippen molar-refractivity contribution in [1.82, 2.24) is 9.97 Å². The maximum absolute atomic E-state index is 11.3. The first-order valence-electron chi connectivity index (χ1n) is 4.46. The fourth-order valence-corrected chi connectivity index (χ4v) is 1.44. The molecule has 0 saturated carbocycles. The minimum absolute atomic E-state index is 0.341. The number of rotatable bonds is 1. The zero-order valence-corrected chi connectivity index (χ0v) is 7.76. The normalized spacial score (nSPS) is 10.6. The van der Waals surface area contributed by atoms with Gasteiger partial charge in [-0.3, -0.25) is 9.78 Å². The van der Waals surface area contributed by atoms with E-state index in [9.17, 15) is 9.59 Å². The van der Waals surface area contributed by atoms with Gasteiger partial charge in [0.15, 0.2) is 0 Å². The maximum atomic E-state index is 11.3. The number of H-pyrrole nitrogens is 2. The Balaban J connectivity index is 2.89. The van der Waals surface area contributed by atoms with Crippen molar-refractivity contribution >= 4 is 10.9 Å². The topological polar surface area (TPSA) is 65.7 Å². The van der Waals surface area contributed by atoms with Crippen molar-refractivity contribution in [2.24, 2.45) is 0 Å². The Labute approximate surface area is 79.6 Å². The van der Waals surface area contributed by atoms with Crippen molar-refractivity contribution in [2.75, 3.05) is 0 Å². The van der Waals surface area contributed by atoms with Crippen LogP contribution in [0.3, 0.4) is 0 Å². The van der Waals surface area contributed by atoms with Crippen LogP contribution in [0.4, 0.5) is 0 Å². The lowest BCUT2D eigenvalue weighted by atomic mass is 10.1. The molecule has 0 aliphatic heterocycles. The summed E-state index contributed by atoms with van der Waals surface area (Å²) in [6, 6.07) is 5.44. The molecule has 0 fully saturated rings. The predicted octanol–water partition coefficient (Wildman–Crippen LogP) is 0.779. The van der Waals surface area contributed by atoms with E-state index in [0.717, 1.165) is 12.0 Å². The summed E-state index contributed by atoms with van der Waals surface area (Å²) in [6.07, 6.45) is 0.880. The van der Waals surface area contributed by atoms with Gasteiger partial charge in [0.2, 0.25) is 0 Å². The highest BCUT2D eigenvalue weighted by Gasteiger charge is 2.00. The lowest BCUT2D eigenvalue weighted by molar-refractivity contribution is 1.07. The second-order valence-electron chi connectivity index (χ2n) is 3.14. The fraction of sp³-hybridized carbons (Fsp3) is 0.200. The van der Waals surface area contributed by atoms with E-state index in [4.69, 9.17) is 0 Å². The molecule has 2 aromatic rings. The number of fused-ring (bicyclic) bond motifs is 1. The number of hydrogen-bond donors (Lipinski definition) is 2. The van der Waals surface area contributed by atoms with Crippen LogP contribution in [0.15, 0.2) is 27.8 Å². The lowest BCUT2D eigenvalue weighted by Crippen LogP contribution is -2.21. The van der Waals surface area contributed by atoms with Crippen LogP contribution < -0.4 is 11.2 Å². The molecule has 4 nitrogen and oxygen atoms in total. The molecule has 72 valence electrons. The van der Waals surface area contributed by atoms with Crippen LogP contribution in [0.25, 0.3) is 10.9 Å². The molecule has 0 bridgehead atoms. The van der Waals surface area contributed by atoms with Gasteiger partial charge in [0.05, 0.1) is 10.9 Å².